The summed E-state index contributed by atoms with van der Waals surface area (Å²) in [7, 11) is 0. The highest BCUT2D eigenvalue weighted by Gasteiger charge is 2.23. The molecule has 1 amide bonds. The lowest BCUT2D eigenvalue weighted by Crippen LogP contribution is -2.33. The van der Waals surface area contributed by atoms with Crippen molar-refractivity contribution in [1.29, 1.82) is 0 Å². The lowest BCUT2D eigenvalue weighted by atomic mass is 9.92. The summed E-state index contributed by atoms with van der Waals surface area (Å²) in [5.41, 5.74) is 2.23. The third kappa shape index (κ3) is 4.81. The van der Waals surface area contributed by atoms with Gasteiger partial charge in [-0.2, -0.15) is 0 Å². The van der Waals surface area contributed by atoms with Gasteiger partial charge in [0, 0.05) is 37.5 Å². The average Bonchev–Trinajstić information content (AvgIpc) is 3.22. The number of nitrogens with zero attached hydrogens (tertiary/aromatic N) is 2. The molecular weight excluding hydrogens is 354 g/mol. The second-order valence-electron chi connectivity index (χ2n) is 7.55. The largest absolute Gasteiger partial charge is 0.454 e. The van der Waals surface area contributed by atoms with Crippen molar-refractivity contribution in [1.82, 2.24) is 15.2 Å². The molecule has 1 aromatic carbocycles. The third-order valence-corrected chi connectivity index (χ3v) is 5.57. The number of hydrogen-bond donors (Lipinski definition) is 1. The number of amides is 1. The molecule has 1 N–H and O–H groups in total. The van der Waals surface area contributed by atoms with E-state index in [4.69, 9.17) is 9.47 Å². The summed E-state index contributed by atoms with van der Waals surface area (Å²) in [6, 6.07) is 9.96. The van der Waals surface area contributed by atoms with Gasteiger partial charge < -0.3 is 14.8 Å². The first-order chi connectivity index (χ1) is 13.8. The summed E-state index contributed by atoms with van der Waals surface area (Å²) in [4.78, 5) is 18.6. The number of aromatic nitrogens is 1. The zero-order valence-electron chi connectivity index (χ0n) is 16.1. The summed E-state index contributed by atoms with van der Waals surface area (Å²) in [6.45, 7) is 3.89. The molecule has 0 unspecified atom stereocenters. The van der Waals surface area contributed by atoms with E-state index in [0.29, 0.717) is 25.7 Å². The van der Waals surface area contributed by atoms with Gasteiger partial charge in [-0.25, -0.2) is 0 Å². The van der Waals surface area contributed by atoms with E-state index in [-0.39, 0.29) is 5.91 Å². The van der Waals surface area contributed by atoms with Gasteiger partial charge in [0.2, 0.25) is 12.7 Å². The molecule has 1 aromatic heterocycles. The topological polar surface area (TPSA) is 63.7 Å². The molecule has 0 atom stereocenters. The molecule has 3 heterocycles. The predicted molar refractivity (Wildman–Crippen MR) is 106 cm³/mol. The first-order valence-corrected chi connectivity index (χ1v) is 10.0. The Morgan fingerprint density at radius 3 is 2.89 bits per heavy atom. The summed E-state index contributed by atoms with van der Waals surface area (Å²) in [5, 5.41) is 2.99. The van der Waals surface area contributed by atoms with Gasteiger partial charge in [-0.15, -0.1) is 0 Å². The third-order valence-electron chi connectivity index (χ3n) is 5.57. The van der Waals surface area contributed by atoms with E-state index < -0.39 is 0 Å². The fourth-order valence-electron chi connectivity index (χ4n) is 3.92. The van der Waals surface area contributed by atoms with Gasteiger partial charge in [0.1, 0.15) is 0 Å². The standard InChI is InChI=1S/C22H27N3O3/c26-21(24-14-18-3-2-10-23-13-18)7-6-17-8-11-25(12-9-17)15-19-4-1-5-20-22(19)28-16-27-20/h1-5,10,13,17H,6-9,11-12,14-16H2,(H,24,26). The molecule has 6 nitrogen and oxygen atoms in total. The van der Waals surface area contributed by atoms with Gasteiger partial charge in [-0.05, 0) is 56.0 Å². The van der Waals surface area contributed by atoms with E-state index in [1.807, 2.05) is 24.3 Å². The monoisotopic (exact) mass is 381 g/mol. The maximum Gasteiger partial charge on any atom is 0.231 e. The molecule has 2 aromatic rings. The number of carbonyl (C=O) groups is 1. The van der Waals surface area contributed by atoms with Crippen molar-refractivity contribution in [3.63, 3.8) is 0 Å². The lowest BCUT2D eigenvalue weighted by molar-refractivity contribution is -0.121. The molecule has 0 aliphatic carbocycles. The van der Waals surface area contributed by atoms with Crippen LogP contribution >= 0.6 is 0 Å². The highest BCUT2D eigenvalue weighted by molar-refractivity contribution is 5.75. The van der Waals surface area contributed by atoms with Crippen LogP contribution in [0.1, 0.15) is 36.8 Å². The zero-order valence-corrected chi connectivity index (χ0v) is 16.1. The molecule has 2 aliphatic rings. The fourth-order valence-corrected chi connectivity index (χ4v) is 3.92. The number of nitrogens with one attached hydrogen (secondary N) is 1. The van der Waals surface area contributed by atoms with Crippen LogP contribution in [0.25, 0.3) is 0 Å². The fraction of sp³-hybridized carbons (Fsp3) is 0.455. The minimum atomic E-state index is 0.128. The zero-order chi connectivity index (χ0) is 19.2. The Morgan fingerprint density at radius 2 is 2.07 bits per heavy atom. The average molecular weight is 381 g/mol. The number of carbonyl (C=O) groups excluding carboxylic acids is 1. The van der Waals surface area contributed by atoms with Crippen molar-refractivity contribution in [3.8, 4) is 11.5 Å². The number of para-hydroxylation sites is 1. The Kier molecular flexibility index (Phi) is 6.07. The molecule has 6 heteroatoms. The number of piperidine rings is 1. The van der Waals surface area contributed by atoms with E-state index >= 15 is 0 Å². The van der Waals surface area contributed by atoms with E-state index in [9.17, 15) is 4.79 Å². The number of fused-ring (bicyclic) bond motifs is 1. The number of hydrogen-bond acceptors (Lipinski definition) is 5. The number of likely N-dealkylation sites (tertiary alicyclic amines) is 1. The predicted octanol–water partition coefficient (Wildman–Crippen LogP) is 3.12. The van der Waals surface area contributed by atoms with Crippen LogP contribution in [-0.2, 0) is 17.9 Å². The SMILES string of the molecule is O=C(CCC1CCN(Cc2cccc3c2OCO3)CC1)NCc1cccnc1. The van der Waals surface area contributed by atoms with Gasteiger partial charge in [-0.1, -0.05) is 18.2 Å². The lowest BCUT2D eigenvalue weighted by Gasteiger charge is -2.32. The van der Waals surface area contributed by atoms with Crippen LogP contribution in [-0.4, -0.2) is 35.7 Å². The van der Waals surface area contributed by atoms with Gasteiger partial charge in [0.15, 0.2) is 11.5 Å². The Morgan fingerprint density at radius 1 is 1.18 bits per heavy atom. The van der Waals surface area contributed by atoms with Crippen LogP contribution in [0.5, 0.6) is 11.5 Å². The second kappa shape index (κ2) is 9.06. The molecule has 4 rings (SSSR count). The Bertz CT molecular complexity index is 789. The Labute approximate surface area is 165 Å². The van der Waals surface area contributed by atoms with Crippen molar-refractivity contribution in [3.05, 3.63) is 53.9 Å². The van der Waals surface area contributed by atoms with E-state index in [1.165, 1.54) is 5.56 Å². The van der Waals surface area contributed by atoms with Gasteiger partial charge in [-0.3, -0.25) is 14.7 Å². The summed E-state index contributed by atoms with van der Waals surface area (Å²) < 4.78 is 11.1. The molecule has 0 radical (unpaired) electrons. The first kappa shape index (κ1) is 18.7. The van der Waals surface area contributed by atoms with Crippen LogP contribution in [0.4, 0.5) is 0 Å². The minimum absolute atomic E-state index is 0.128. The van der Waals surface area contributed by atoms with Gasteiger partial charge in [0.25, 0.3) is 0 Å². The van der Waals surface area contributed by atoms with Crippen molar-refractivity contribution in [2.45, 2.75) is 38.8 Å². The van der Waals surface area contributed by atoms with Crippen molar-refractivity contribution < 1.29 is 14.3 Å². The normalized spacial score (nSPS) is 16.9. The number of benzene rings is 1. The minimum Gasteiger partial charge on any atom is -0.454 e. The molecular formula is C22H27N3O3. The van der Waals surface area contributed by atoms with Crippen molar-refractivity contribution in [2.75, 3.05) is 19.9 Å². The molecule has 148 valence electrons. The molecule has 1 fully saturated rings. The Balaban J connectivity index is 1.17. The van der Waals surface area contributed by atoms with Gasteiger partial charge >= 0.3 is 0 Å². The second-order valence-corrected chi connectivity index (χ2v) is 7.55. The summed E-state index contributed by atoms with van der Waals surface area (Å²) in [6.07, 6.45) is 7.37. The molecule has 0 bridgehead atoms. The number of pyridine rings is 1. The quantitative estimate of drug-likeness (QED) is 0.798. The molecule has 0 saturated carbocycles. The highest BCUT2D eigenvalue weighted by atomic mass is 16.7. The molecule has 28 heavy (non-hydrogen) atoms. The van der Waals surface area contributed by atoms with Crippen LogP contribution in [0.15, 0.2) is 42.7 Å². The smallest absolute Gasteiger partial charge is 0.231 e. The van der Waals surface area contributed by atoms with Crippen LogP contribution < -0.4 is 14.8 Å². The number of ether oxygens (including phenoxy) is 2. The molecule has 0 spiro atoms. The van der Waals surface area contributed by atoms with Gasteiger partial charge in [0.05, 0.1) is 0 Å². The summed E-state index contributed by atoms with van der Waals surface area (Å²) >= 11 is 0. The van der Waals surface area contributed by atoms with E-state index in [1.54, 1.807) is 12.4 Å². The Hall–Kier alpha value is -2.60. The molecule has 2 aliphatic heterocycles. The van der Waals surface area contributed by atoms with E-state index in [0.717, 1.165) is 56.0 Å². The maximum absolute atomic E-state index is 12.1. The van der Waals surface area contributed by atoms with Crippen LogP contribution in [0, 0.1) is 5.92 Å². The molecule has 1 saturated heterocycles. The highest BCUT2D eigenvalue weighted by Crippen LogP contribution is 2.36. The van der Waals surface area contributed by atoms with Crippen LogP contribution in [0.3, 0.4) is 0 Å². The maximum atomic E-state index is 12.1. The first-order valence-electron chi connectivity index (χ1n) is 10.0. The van der Waals surface area contributed by atoms with E-state index in [2.05, 4.69) is 21.3 Å². The summed E-state index contributed by atoms with van der Waals surface area (Å²) in [5.74, 6) is 2.50. The van der Waals surface area contributed by atoms with Crippen molar-refractivity contribution in [2.24, 2.45) is 5.92 Å². The number of rotatable bonds is 7. The van der Waals surface area contributed by atoms with Crippen molar-refractivity contribution >= 4 is 5.91 Å². The van der Waals surface area contributed by atoms with Crippen LogP contribution in [0.2, 0.25) is 0 Å².